The molecule has 2 aromatic heterocycles. The van der Waals surface area contributed by atoms with Crippen molar-refractivity contribution in [2.24, 2.45) is 0 Å². The molecular formula is C21H15N3O2S. The summed E-state index contributed by atoms with van der Waals surface area (Å²) in [5, 5.41) is 10.1. The Hall–Kier alpha value is -3.43. The highest BCUT2D eigenvalue weighted by Crippen LogP contribution is 2.31. The lowest BCUT2D eigenvalue weighted by Crippen LogP contribution is -1.96. The van der Waals surface area contributed by atoms with Crippen molar-refractivity contribution in [2.75, 3.05) is 6.26 Å². The molecule has 0 spiro atoms. The Balaban J connectivity index is 1.81. The molecule has 0 unspecified atom stereocenters. The summed E-state index contributed by atoms with van der Waals surface area (Å²) in [6.45, 7) is 0. The Labute approximate surface area is 156 Å². The van der Waals surface area contributed by atoms with E-state index < -0.39 is 9.84 Å². The van der Waals surface area contributed by atoms with Gasteiger partial charge in [-0.2, -0.15) is 5.26 Å². The summed E-state index contributed by atoms with van der Waals surface area (Å²) in [6.07, 6.45) is 4.82. The molecule has 4 rings (SSSR count). The van der Waals surface area contributed by atoms with Gasteiger partial charge in [-0.3, -0.25) is 0 Å². The minimum absolute atomic E-state index is 0.288. The zero-order chi connectivity index (χ0) is 19.0. The topological polar surface area (TPSA) is 86.6 Å². The number of sulfone groups is 1. The predicted molar refractivity (Wildman–Crippen MR) is 105 cm³/mol. The summed E-state index contributed by atoms with van der Waals surface area (Å²) in [4.78, 5) is 7.93. The molecule has 0 saturated heterocycles. The third kappa shape index (κ3) is 3.21. The van der Waals surface area contributed by atoms with Crippen molar-refractivity contribution in [1.29, 1.82) is 5.26 Å². The fourth-order valence-corrected chi connectivity index (χ4v) is 3.68. The van der Waals surface area contributed by atoms with Gasteiger partial charge in [0.2, 0.25) is 0 Å². The zero-order valence-electron chi connectivity index (χ0n) is 14.5. The summed E-state index contributed by atoms with van der Waals surface area (Å²) in [5.41, 5.74) is 5.02. The lowest BCUT2D eigenvalue weighted by molar-refractivity contribution is 0.602. The molecule has 132 valence electrons. The number of rotatable bonds is 3. The molecule has 1 N–H and O–H groups in total. The molecule has 2 aromatic carbocycles. The van der Waals surface area contributed by atoms with Crippen molar-refractivity contribution in [2.45, 2.75) is 4.90 Å². The van der Waals surface area contributed by atoms with Crippen molar-refractivity contribution in [3.63, 3.8) is 0 Å². The standard InChI is InChI=1S/C21H15N3O2S/c1-27(25,26)18-7-5-15(6-8-18)17-10-19-20(13-24-21(19)23-12-17)16-4-2-3-14(9-16)11-22/h2-10,12-13H,1H3,(H,23,24). The van der Waals surface area contributed by atoms with Crippen LogP contribution in [0, 0.1) is 11.3 Å². The van der Waals surface area contributed by atoms with Crippen molar-refractivity contribution < 1.29 is 8.42 Å². The number of pyridine rings is 1. The van der Waals surface area contributed by atoms with Crippen molar-refractivity contribution >= 4 is 20.9 Å². The lowest BCUT2D eigenvalue weighted by atomic mass is 10.0. The first-order chi connectivity index (χ1) is 13.0. The van der Waals surface area contributed by atoms with Crippen LogP contribution in [-0.2, 0) is 9.84 Å². The van der Waals surface area contributed by atoms with Crippen LogP contribution in [0.1, 0.15) is 5.56 Å². The van der Waals surface area contributed by atoms with Crippen LogP contribution in [0.5, 0.6) is 0 Å². The number of nitrogens with one attached hydrogen (secondary N) is 1. The summed E-state index contributed by atoms with van der Waals surface area (Å²) < 4.78 is 23.3. The third-order valence-electron chi connectivity index (χ3n) is 4.45. The van der Waals surface area contributed by atoms with E-state index in [2.05, 4.69) is 16.0 Å². The molecular weight excluding hydrogens is 358 g/mol. The van der Waals surface area contributed by atoms with E-state index in [0.29, 0.717) is 5.56 Å². The average Bonchev–Trinajstić information content (AvgIpc) is 3.10. The number of H-pyrrole nitrogens is 1. The van der Waals surface area contributed by atoms with Crippen LogP contribution < -0.4 is 0 Å². The van der Waals surface area contributed by atoms with Gasteiger partial charge in [-0.15, -0.1) is 0 Å². The van der Waals surface area contributed by atoms with Gasteiger partial charge in [0.1, 0.15) is 5.65 Å². The van der Waals surface area contributed by atoms with E-state index in [-0.39, 0.29) is 4.90 Å². The second-order valence-electron chi connectivity index (χ2n) is 6.31. The van der Waals surface area contributed by atoms with E-state index in [1.165, 1.54) is 6.26 Å². The first-order valence-electron chi connectivity index (χ1n) is 8.24. The quantitative estimate of drug-likeness (QED) is 0.584. The Morgan fingerprint density at radius 1 is 1.00 bits per heavy atom. The number of fused-ring (bicyclic) bond motifs is 1. The van der Waals surface area contributed by atoms with E-state index in [1.54, 1.807) is 36.5 Å². The minimum atomic E-state index is -3.22. The number of hydrogen-bond acceptors (Lipinski definition) is 4. The highest BCUT2D eigenvalue weighted by atomic mass is 32.2. The Morgan fingerprint density at radius 2 is 1.78 bits per heavy atom. The van der Waals surface area contributed by atoms with Crippen molar-refractivity contribution in [3.05, 3.63) is 72.6 Å². The lowest BCUT2D eigenvalue weighted by Gasteiger charge is -2.05. The number of aromatic nitrogens is 2. The first-order valence-corrected chi connectivity index (χ1v) is 10.1. The Bertz CT molecular complexity index is 1300. The molecule has 0 fully saturated rings. The van der Waals surface area contributed by atoms with Gasteiger partial charge in [0.15, 0.2) is 9.84 Å². The van der Waals surface area contributed by atoms with Gasteiger partial charge >= 0.3 is 0 Å². The number of hydrogen-bond donors (Lipinski definition) is 1. The van der Waals surface area contributed by atoms with Crippen LogP contribution in [0.15, 0.2) is 71.9 Å². The van der Waals surface area contributed by atoms with E-state index in [0.717, 1.165) is 33.3 Å². The predicted octanol–water partition coefficient (Wildman–Crippen LogP) is 4.17. The molecule has 0 aliphatic carbocycles. The number of aromatic amines is 1. The normalized spacial score (nSPS) is 11.4. The minimum Gasteiger partial charge on any atom is -0.346 e. The number of nitriles is 1. The Kier molecular flexibility index (Phi) is 4.02. The van der Waals surface area contributed by atoms with Gasteiger partial charge in [-0.1, -0.05) is 24.3 Å². The van der Waals surface area contributed by atoms with Gasteiger partial charge in [0.25, 0.3) is 0 Å². The number of benzene rings is 2. The third-order valence-corrected chi connectivity index (χ3v) is 5.58. The van der Waals surface area contributed by atoms with Gasteiger partial charge < -0.3 is 4.98 Å². The maximum Gasteiger partial charge on any atom is 0.175 e. The summed E-state index contributed by atoms with van der Waals surface area (Å²) in [6, 6.07) is 18.4. The Morgan fingerprint density at radius 3 is 2.48 bits per heavy atom. The van der Waals surface area contributed by atoms with Gasteiger partial charge in [-0.25, -0.2) is 13.4 Å². The van der Waals surface area contributed by atoms with Crippen LogP contribution in [0.2, 0.25) is 0 Å². The molecule has 0 amide bonds. The summed E-state index contributed by atoms with van der Waals surface area (Å²) >= 11 is 0. The van der Waals surface area contributed by atoms with Crippen molar-refractivity contribution in [1.82, 2.24) is 9.97 Å². The number of nitrogens with zero attached hydrogens (tertiary/aromatic N) is 2. The molecule has 0 aliphatic heterocycles. The second kappa shape index (κ2) is 6.38. The molecule has 0 saturated carbocycles. The maximum absolute atomic E-state index is 11.6. The molecule has 0 bridgehead atoms. The molecule has 4 aromatic rings. The molecule has 0 radical (unpaired) electrons. The molecule has 27 heavy (non-hydrogen) atoms. The highest BCUT2D eigenvalue weighted by molar-refractivity contribution is 7.90. The van der Waals surface area contributed by atoms with Crippen LogP contribution in [-0.4, -0.2) is 24.6 Å². The maximum atomic E-state index is 11.6. The molecule has 2 heterocycles. The molecule has 0 atom stereocenters. The van der Waals surface area contributed by atoms with Crippen LogP contribution in [0.4, 0.5) is 0 Å². The summed E-state index contributed by atoms with van der Waals surface area (Å²) in [7, 11) is -3.22. The molecule has 6 heteroatoms. The van der Waals surface area contributed by atoms with Crippen LogP contribution in [0.25, 0.3) is 33.3 Å². The van der Waals surface area contributed by atoms with E-state index in [4.69, 9.17) is 5.26 Å². The van der Waals surface area contributed by atoms with Gasteiger partial charge in [0.05, 0.1) is 16.5 Å². The van der Waals surface area contributed by atoms with Crippen LogP contribution in [0.3, 0.4) is 0 Å². The monoisotopic (exact) mass is 373 g/mol. The fourth-order valence-electron chi connectivity index (χ4n) is 3.05. The largest absolute Gasteiger partial charge is 0.346 e. The van der Waals surface area contributed by atoms with Crippen molar-refractivity contribution in [3.8, 4) is 28.3 Å². The SMILES string of the molecule is CS(=O)(=O)c1ccc(-c2cnc3[nH]cc(-c4cccc(C#N)c4)c3c2)cc1. The highest BCUT2D eigenvalue weighted by Gasteiger charge is 2.11. The average molecular weight is 373 g/mol. The second-order valence-corrected chi connectivity index (χ2v) is 8.33. The molecule has 0 aliphatic rings. The van der Waals surface area contributed by atoms with Gasteiger partial charge in [-0.05, 0) is 41.5 Å². The van der Waals surface area contributed by atoms with E-state index in [9.17, 15) is 8.42 Å². The fraction of sp³-hybridized carbons (Fsp3) is 0.0476. The summed E-state index contributed by atoms with van der Waals surface area (Å²) in [5.74, 6) is 0. The molecule has 5 nitrogen and oxygen atoms in total. The zero-order valence-corrected chi connectivity index (χ0v) is 15.3. The smallest absolute Gasteiger partial charge is 0.175 e. The van der Waals surface area contributed by atoms with Gasteiger partial charge in [0, 0.05) is 35.2 Å². The first kappa shape index (κ1) is 17.0. The van der Waals surface area contributed by atoms with E-state index >= 15 is 0 Å². The van der Waals surface area contributed by atoms with E-state index in [1.807, 2.05) is 30.5 Å². The van der Waals surface area contributed by atoms with Crippen LogP contribution >= 0.6 is 0 Å².